The van der Waals surface area contributed by atoms with Crippen LogP contribution in [0.4, 0.5) is 0 Å². The Bertz CT molecular complexity index is 135. The summed E-state index contributed by atoms with van der Waals surface area (Å²) in [7, 11) is 0. The van der Waals surface area contributed by atoms with Gasteiger partial charge in [-0.05, 0) is 18.4 Å². The number of amidine groups is 1. The molecular formula is C6H10N2. The van der Waals surface area contributed by atoms with Gasteiger partial charge >= 0.3 is 0 Å². The van der Waals surface area contributed by atoms with Crippen molar-refractivity contribution in [2.45, 2.75) is 12.8 Å². The van der Waals surface area contributed by atoms with E-state index in [1.54, 1.807) is 0 Å². The Morgan fingerprint density at radius 1 is 1.62 bits per heavy atom. The molecule has 0 aromatic heterocycles. The Hall–Kier alpha value is -0.790. The minimum absolute atomic E-state index is 0.649. The Morgan fingerprint density at radius 2 is 2.38 bits per heavy atom. The SMILES string of the molecule is C=C1CCCN=C1N. The quantitative estimate of drug-likeness (QED) is 0.489. The molecular weight excluding hydrogens is 100 g/mol. The van der Waals surface area contributed by atoms with Crippen molar-refractivity contribution in [1.29, 1.82) is 0 Å². The van der Waals surface area contributed by atoms with Gasteiger partial charge in [-0.2, -0.15) is 0 Å². The molecule has 8 heavy (non-hydrogen) atoms. The van der Waals surface area contributed by atoms with E-state index >= 15 is 0 Å². The molecule has 0 aromatic carbocycles. The lowest BCUT2D eigenvalue weighted by Crippen LogP contribution is -2.18. The van der Waals surface area contributed by atoms with Crippen LogP contribution in [0.5, 0.6) is 0 Å². The highest BCUT2D eigenvalue weighted by atomic mass is 14.9. The molecule has 0 radical (unpaired) electrons. The largest absolute Gasteiger partial charge is 0.384 e. The van der Waals surface area contributed by atoms with Crippen molar-refractivity contribution in [3.63, 3.8) is 0 Å². The summed E-state index contributed by atoms with van der Waals surface area (Å²) in [6.45, 7) is 4.62. The van der Waals surface area contributed by atoms with E-state index in [2.05, 4.69) is 11.6 Å². The summed E-state index contributed by atoms with van der Waals surface area (Å²) in [5.74, 6) is 0.649. The fourth-order valence-corrected chi connectivity index (χ4v) is 0.732. The van der Waals surface area contributed by atoms with Gasteiger partial charge in [0.25, 0.3) is 0 Å². The fourth-order valence-electron chi connectivity index (χ4n) is 0.732. The second-order valence-electron chi connectivity index (χ2n) is 1.97. The standard InChI is InChI=1S/C6H10N2/c1-5-3-2-4-8-6(5)7/h1-4H2,(H2,7,8). The van der Waals surface area contributed by atoms with Gasteiger partial charge in [-0.15, -0.1) is 0 Å². The first kappa shape index (κ1) is 5.35. The topological polar surface area (TPSA) is 38.4 Å². The molecule has 1 aliphatic rings. The van der Waals surface area contributed by atoms with Crippen LogP contribution in [0, 0.1) is 0 Å². The summed E-state index contributed by atoms with van der Waals surface area (Å²) in [6.07, 6.45) is 2.13. The van der Waals surface area contributed by atoms with E-state index in [1.165, 1.54) is 0 Å². The van der Waals surface area contributed by atoms with Gasteiger partial charge in [-0.25, -0.2) is 0 Å². The van der Waals surface area contributed by atoms with Crippen molar-refractivity contribution in [1.82, 2.24) is 0 Å². The second-order valence-corrected chi connectivity index (χ2v) is 1.97. The number of nitrogens with two attached hydrogens (primary N) is 1. The summed E-state index contributed by atoms with van der Waals surface area (Å²) in [5.41, 5.74) is 6.43. The molecule has 0 bridgehead atoms. The molecule has 0 aliphatic carbocycles. The zero-order valence-corrected chi connectivity index (χ0v) is 4.85. The van der Waals surface area contributed by atoms with Crippen molar-refractivity contribution in [2.24, 2.45) is 10.7 Å². The van der Waals surface area contributed by atoms with Gasteiger partial charge in [0.15, 0.2) is 0 Å². The highest BCUT2D eigenvalue weighted by molar-refractivity contribution is 5.96. The van der Waals surface area contributed by atoms with Gasteiger partial charge in [0.1, 0.15) is 5.84 Å². The summed E-state index contributed by atoms with van der Waals surface area (Å²) >= 11 is 0. The fraction of sp³-hybridized carbons (Fsp3) is 0.500. The summed E-state index contributed by atoms with van der Waals surface area (Å²) < 4.78 is 0. The molecule has 0 amide bonds. The maximum atomic E-state index is 5.43. The average molecular weight is 110 g/mol. The first-order valence-corrected chi connectivity index (χ1v) is 2.79. The lowest BCUT2D eigenvalue weighted by molar-refractivity contribution is 0.813. The van der Waals surface area contributed by atoms with E-state index in [0.717, 1.165) is 25.0 Å². The van der Waals surface area contributed by atoms with Crippen LogP contribution in [0.25, 0.3) is 0 Å². The molecule has 0 saturated carbocycles. The maximum absolute atomic E-state index is 5.43. The number of hydrogen-bond donors (Lipinski definition) is 1. The summed E-state index contributed by atoms with van der Waals surface area (Å²) in [4.78, 5) is 4.01. The second kappa shape index (κ2) is 1.99. The van der Waals surface area contributed by atoms with Crippen molar-refractivity contribution in [3.8, 4) is 0 Å². The van der Waals surface area contributed by atoms with E-state index in [9.17, 15) is 0 Å². The zero-order chi connectivity index (χ0) is 5.98. The Morgan fingerprint density at radius 3 is 2.75 bits per heavy atom. The molecule has 0 atom stereocenters. The third-order valence-corrected chi connectivity index (χ3v) is 1.28. The monoisotopic (exact) mass is 110 g/mol. The van der Waals surface area contributed by atoms with Crippen LogP contribution in [0.2, 0.25) is 0 Å². The lowest BCUT2D eigenvalue weighted by atomic mass is 10.1. The molecule has 1 rings (SSSR count). The minimum Gasteiger partial charge on any atom is -0.384 e. The molecule has 44 valence electrons. The van der Waals surface area contributed by atoms with Gasteiger partial charge in [-0.1, -0.05) is 6.58 Å². The van der Waals surface area contributed by atoms with Gasteiger partial charge < -0.3 is 5.73 Å². The van der Waals surface area contributed by atoms with Crippen molar-refractivity contribution < 1.29 is 0 Å². The highest BCUT2D eigenvalue weighted by Crippen LogP contribution is 2.07. The molecule has 0 saturated heterocycles. The van der Waals surface area contributed by atoms with Crippen LogP contribution in [-0.4, -0.2) is 12.4 Å². The number of rotatable bonds is 0. The number of hydrogen-bond acceptors (Lipinski definition) is 2. The minimum atomic E-state index is 0.649. The van der Waals surface area contributed by atoms with E-state index in [-0.39, 0.29) is 0 Å². The van der Waals surface area contributed by atoms with Gasteiger partial charge in [0.05, 0.1) is 0 Å². The molecule has 0 fully saturated rings. The van der Waals surface area contributed by atoms with Gasteiger partial charge in [0.2, 0.25) is 0 Å². The summed E-state index contributed by atoms with van der Waals surface area (Å²) in [5, 5.41) is 0. The van der Waals surface area contributed by atoms with Gasteiger partial charge in [-0.3, -0.25) is 4.99 Å². The van der Waals surface area contributed by atoms with Crippen LogP contribution in [0.1, 0.15) is 12.8 Å². The van der Waals surface area contributed by atoms with E-state index < -0.39 is 0 Å². The molecule has 2 nitrogen and oxygen atoms in total. The van der Waals surface area contributed by atoms with Crippen molar-refractivity contribution >= 4 is 5.84 Å². The van der Waals surface area contributed by atoms with Gasteiger partial charge in [0, 0.05) is 6.54 Å². The third-order valence-electron chi connectivity index (χ3n) is 1.28. The first-order chi connectivity index (χ1) is 3.80. The average Bonchev–Trinajstić information content (AvgIpc) is 1.77. The smallest absolute Gasteiger partial charge is 0.120 e. The van der Waals surface area contributed by atoms with Crippen molar-refractivity contribution in [2.75, 3.05) is 6.54 Å². The Labute approximate surface area is 49.1 Å². The molecule has 0 unspecified atom stereocenters. The normalized spacial score (nSPS) is 20.5. The predicted molar refractivity (Wildman–Crippen MR) is 34.9 cm³/mol. The van der Waals surface area contributed by atoms with E-state index in [4.69, 9.17) is 5.73 Å². The number of nitrogens with zero attached hydrogens (tertiary/aromatic N) is 1. The molecule has 0 spiro atoms. The zero-order valence-electron chi connectivity index (χ0n) is 4.85. The van der Waals surface area contributed by atoms with Crippen LogP contribution in [-0.2, 0) is 0 Å². The predicted octanol–water partition coefficient (Wildman–Crippen LogP) is 0.694. The van der Waals surface area contributed by atoms with Crippen molar-refractivity contribution in [3.05, 3.63) is 12.2 Å². The van der Waals surface area contributed by atoms with E-state index in [0.29, 0.717) is 5.84 Å². The van der Waals surface area contributed by atoms with Crippen LogP contribution < -0.4 is 5.73 Å². The van der Waals surface area contributed by atoms with Crippen LogP contribution >= 0.6 is 0 Å². The molecule has 1 heterocycles. The maximum Gasteiger partial charge on any atom is 0.120 e. The molecule has 1 aliphatic heterocycles. The summed E-state index contributed by atoms with van der Waals surface area (Å²) in [6, 6.07) is 0. The Balaban J connectivity index is 2.67. The number of aliphatic imine (C=N–C) groups is 1. The lowest BCUT2D eigenvalue weighted by Gasteiger charge is -2.08. The first-order valence-electron chi connectivity index (χ1n) is 2.79. The highest BCUT2D eigenvalue weighted by Gasteiger charge is 2.03. The Kier molecular flexibility index (Phi) is 1.33. The van der Waals surface area contributed by atoms with E-state index in [1.807, 2.05) is 0 Å². The third kappa shape index (κ3) is 0.886. The molecule has 2 N–H and O–H groups in total. The molecule has 2 heteroatoms. The van der Waals surface area contributed by atoms with Crippen LogP contribution in [0.15, 0.2) is 17.1 Å². The molecule has 0 aromatic rings. The van der Waals surface area contributed by atoms with Crippen LogP contribution in [0.3, 0.4) is 0 Å².